The lowest BCUT2D eigenvalue weighted by Gasteiger charge is -2.28. The Labute approximate surface area is 131 Å². The molecule has 1 saturated heterocycles. The number of hydrogen-bond acceptors (Lipinski definition) is 3. The molecule has 1 aliphatic heterocycles. The van der Waals surface area contributed by atoms with E-state index in [1.807, 2.05) is 0 Å². The molecule has 0 aromatic heterocycles. The summed E-state index contributed by atoms with van der Waals surface area (Å²) in [6, 6.07) is 4.62. The lowest BCUT2D eigenvalue weighted by molar-refractivity contribution is -0.140. The van der Waals surface area contributed by atoms with Crippen molar-refractivity contribution in [2.45, 2.75) is 6.54 Å². The summed E-state index contributed by atoms with van der Waals surface area (Å²) in [6.07, 6.45) is 0. The topological polar surface area (TPSA) is 52.7 Å². The number of rotatable bonds is 4. The summed E-state index contributed by atoms with van der Waals surface area (Å²) in [5, 5.41) is 2.95. The number of nitrogens with one attached hydrogen (secondary N) is 1. The highest BCUT2D eigenvalue weighted by Gasteiger charge is 2.22. The van der Waals surface area contributed by atoms with Gasteiger partial charge >= 0.3 is 0 Å². The minimum atomic E-state index is -0.351. The SMILES string of the molecule is CN(Cc1cc(Br)ccc1F)C(=O)CN1CCNCC1=O. The Bertz CT molecular complexity index is 553. The Morgan fingerprint density at radius 3 is 3.00 bits per heavy atom. The highest BCUT2D eigenvalue weighted by molar-refractivity contribution is 9.10. The number of carbonyl (C=O) groups excluding carboxylic acids is 2. The smallest absolute Gasteiger partial charge is 0.242 e. The first-order valence-electron chi connectivity index (χ1n) is 6.64. The minimum absolute atomic E-state index is 0.0344. The Morgan fingerprint density at radius 1 is 1.52 bits per heavy atom. The minimum Gasteiger partial charge on any atom is -0.340 e. The van der Waals surface area contributed by atoms with Crippen LogP contribution in [-0.4, -0.2) is 54.8 Å². The van der Waals surface area contributed by atoms with E-state index in [1.165, 1.54) is 15.9 Å². The Morgan fingerprint density at radius 2 is 2.29 bits per heavy atom. The van der Waals surface area contributed by atoms with Crippen molar-refractivity contribution in [2.75, 3.05) is 33.2 Å². The maximum atomic E-state index is 13.7. The molecule has 2 amide bonds. The monoisotopic (exact) mass is 357 g/mol. The van der Waals surface area contributed by atoms with E-state index in [9.17, 15) is 14.0 Å². The second kappa shape index (κ2) is 7.00. The van der Waals surface area contributed by atoms with Gasteiger partial charge in [-0.2, -0.15) is 0 Å². The van der Waals surface area contributed by atoms with Crippen LogP contribution in [-0.2, 0) is 16.1 Å². The van der Waals surface area contributed by atoms with E-state index in [-0.39, 0.29) is 37.3 Å². The average Bonchev–Trinajstić information content (AvgIpc) is 2.45. The second-order valence-corrected chi connectivity index (χ2v) is 5.89. The lowest BCUT2D eigenvalue weighted by atomic mass is 10.2. The third-order valence-electron chi connectivity index (χ3n) is 3.35. The highest BCUT2D eigenvalue weighted by atomic mass is 79.9. The molecule has 5 nitrogen and oxygen atoms in total. The van der Waals surface area contributed by atoms with Crippen LogP contribution in [0.5, 0.6) is 0 Å². The zero-order valence-corrected chi connectivity index (χ0v) is 13.3. The first-order chi connectivity index (χ1) is 9.97. The summed E-state index contributed by atoms with van der Waals surface area (Å²) >= 11 is 3.28. The van der Waals surface area contributed by atoms with E-state index in [0.717, 1.165) is 4.47 Å². The van der Waals surface area contributed by atoms with Gasteiger partial charge in [-0.25, -0.2) is 4.39 Å². The summed E-state index contributed by atoms with van der Waals surface area (Å²) in [5.74, 6) is -0.641. The normalized spacial score (nSPS) is 15.2. The first-order valence-corrected chi connectivity index (χ1v) is 7.43. The Kier molecular flexibility index (Phi) is 5.30. The van der Waals surface area contributed by atoms with Crippen LogP contribution in [0, 0.1) is 5.82 Å². The molecule has 114 valence electrons. The molecule has 1 aliphatic rings. The highest BCUT2D eigenvalue weighted by Crippen LogP contribution is 2.17. The molecule has 0 unspecified atom stereocenters. The van der Waals surface area contributed by atoms with Gasteiger partial charge in [-0.05, 0) is 18.2 Å². The van der Waals surface area contributed by atoms with Crippen LogP contribution in [0.1, 0.15) is 5.56 Å². The fourth-order valence-corrected chi connectivity index (χ4v) is 2.51. The molecule has 1 N–H and O–H groups in total. The van der Waals surface area contributed by atoms with Crippen LogP contribution in [0.2, 0.25) is 0 Å². The first kappa shape index (κ1) is 15.9. The summed E-state index contributed by atoms with van der Waals surface area (Å²) in [6.45, 7) is 1.67. The molecule has 1 fully saturated rings. The van der Waals surface area contributed by atoms with Crippen molar-refractivity contribution in [3.05, 3.63) is 34.1 Å². The molecule has 0 atom stereocenters. The van der Waals surface area contributed by atoms with Crippen molar-refractivity contribution < 1.29 is 14.0 Å². The molecule has 0 spiro atoms. The van der Waals surface area contributed by atoms with Crippen LogP contribution in [0.3, 0.4) is 0 Å². The van der Waals surface area contributed by atoms with Crippen LogP contribution in [0.15, 0.2) is 22.7 Å². The van der Waals surface area contributed by atoms with Gasteiger partial charge < -0.3 is 15.1 Å². The lowest BCUT2D eigenvalue weighted by Crippen LogP contribution is -2.51. The summed E-state index contributed by atoms with van der Waals surface area (Å²) in [7, 11) is 1.61. The third-order valence-corrected chi connectivity index (χ3v) is 3.85. The van der Waals surface area contributed by atoms with E-state index < -0.39 is 0 Å². The number of benzene rings is 1. The summed E-state index contributed by atoms with van der Waals surface area (Å²) in [4.78, 5) is 26.7. The standard InChI is InChI=1S/C14H17BrFN3O2/c1-18(8-10-6-11(15)2-3-12(10)16)14(21)9-19-5-4-17-7-13(19)20/h2-3,6,17H,4-5,7-9H2,1H3. The van der Waals surface area contributed by atoms with Crippen molar-refractivity contribution in [1.82, 2.24) is 15.1 Å². The quantitative estimate of drug-likeness (QED) is 0.873. The van der Waals surface area contributed by atoms with Gasteiger partial charge in [0, 0.05) is 36.7 Å². The maximum Gasteiger partial charge on any atom is 0.242 e. The van der Waals surface area contributed by atoms with Gasteiger partial charge in [0.1, 0.15) is 5.82 Å². The van der Waals surface area contributed by atoms with Crippen LogP contribution in [0.4, 0.5) is 4.39 Å². The summed E-state index contributed by atoms with van der Waals surface area (Å²) in [5.41, 5.74) is 0.437. The molecule has 21 heavy (non-hydrogen) atoms. The zero-order chi connectivity index (χ0) is 15.4. The zero-order valence-electron chi connectivity index (χ0n) is 11.7. The van der Waals surface area contributed by atoms with Gasteiger partial charge in [0.05, 0.1) is 13.1 Å². The van der Waals surface area contributed by atoms with E-state index in [0.29, 0.717) is 18.7 Å². The number of halogens is 2. The third kappa shape index (κ3) is 4.25. The van der Waals surface area contributed by atoms with Gasteiger partial charge in [-0.1, -0.05) is 15.9 Å². The number of hydrogen-bond donors (Lipinski definition) is 1. The fourth-order valence-electron chi connectivity index (χ4n) is 2.11. The van der Waals surface area contributed by atoms with Gasteiger partial charge in [0.15, 0.2) is 0 Å². The average molecular weight is 358 g/mol. The molecule has 0 saturated carbocycles. The summed E-state index contributed by atoms with van der Waals surface area (Å²) < 4.78 is 14.4. The number of likely N-dealkylation sites (N-methyl/N-ethyl adjacent to an activating group) is 1. The van der Waals surface area contributed by atoms with Crippen molar-refractivity contribution in [2.24, 2.45) is 0 Å². The van der Waals surface area contributed by atoms with Gasteiger partial charge in [-0.3, -0.25) is 9.59 Å². The van der Waals surface area contributed by atoms with Crippen LogP contribution >= 0.6 is 15.9 Å². The van der Waals surface area contributed by atoms with Crippen molar-refractivity contribution in [3.8, 4) is 0 Å². The maximum absolute atomic E-state index is 13.7. The predicted octanol–water partition coefficient (Wildman–Crippen LogP) is 0.978. The van der Waals surface area contributed by atoms with Crippen molar-refractivity contribution in [1.29, 1.82) is 0 Å². The van der Waals surface area contributed by atoms with E-state index >= 15 is 0 Å². The van der Waals surface area contributed by atoms with Crippen LogP contribution < -0.4 is 5.32 Å². The fraction of sp³-hybridized carbons (Fsp3) is 0.429. The van der Waals surface area contributed by atoms with Gasteiger partial charge in [0.2, 0.25) is 11.8 Å². The van der Waals surface area contributed by atoms with Crippen molar-refractivity contribution >= 4 is 27.7 Å². The Balaban J connectivity index is 1.96. The molecular formula is C14H17BrFN3O2. The van der Waals surface area contributed by atoms with Gasteiger partial charge in [-0.15, -0.1) is 0 Å². The molecule has 0 aliphatic carbocycles. The van der Waals surface area contributed by atoms with Crippen molar-refractivity contribution in [3.63, 3.8) is 0 Å². The molecule has 1 aromatic carbocycles. The van der Waals surface area contributed by atoms with Crippen LogP contribution in [0.25, 0.3) is 0 Å². The molecular weight excluding hydrogens is 341 g/mol. The molecule has 0 bridgehead atoms. The predicted molar refractivity (Wildman–Crippen MR) is 80.0 cm³/mol. The number of carbonyl (C=O) groups is 2. The van der Waals surface area contributed by atoms with E-state index in [1.54, 1.807) is 19.2 Å². The molecule has 7 heteroatoms. The van der Waals surface area contributed by atoms with E-state index in [2.05, 4.69) is 21.2 Å². The molecule has 0 radical (unpaired) electrons. The number of amides is 2. The largest absolute Gasteiger partial charge is 0.340 e. The van der Waals surface area contributed by atoms with Gasteiger partial charge in [0.25, 0.3) is 0 Å². The number of nitrogens with zero attached hydrogens (tertiary/aromatic N) is 2. The molecule has 2 rings (SSSR count). The molecule has 1 heterocycles. The molecule has 1 aromatic rings. The number of piperazine rings is 1. The second-order valence-electron chi connectivity index (χ2n) is 4.98. The van der Waals surface area contributed by atoms with E-state index in [4.69, 9.17) is 0 Å². The Hall–Kier alpha value is -1.47.